The lowest BCUT2D eigenvalue weighted by Gasteiger charge is -2.28. The molecule has 1 aliphatic heterocycles. The molecule has 0 aliphatic carbocycles. The summed E-state index contributed by atoms with van der Waals surface area (Å²) in [6, 6.07) is 7.52. The Labute approximate surface area is 120 Å². The van der Waals surface area contributed by atoms with Crippen LogP contribution in [0.4, 0.5) is 0 Å². The monoisotopic (exact) mass is 275 g/mol. The number of hydrogen-bond acceptors (Lipinski definition) is 4. The number of likely N-dealkylation sites (tertiary alicyclic amines) is 1. The normalized spacial score (nSPS) is 20.0. The van der Waals surface area contributed by atoms with Crippen molar-refractivity contribution in [3.63, 3.8) is 0 Å². The van der Waals surface area contributed by atoms with Crippen LogP contribution < -0.4 is 4.74 Å². The van der Waals surface area contributed by atoms with E-state index >= 15 is 0 Å². The van der Waals surface area contributed by atoms with E-state index in [1.165, 1.54) is 6.08 Å². The molecule has 1 fully saturated rings. The van der Waals surface area contributed by atoms with Gasteiger partial charge in [-0.1, -0.05) is 12.1 Å². The quantitative estimate of drug-likeness (QED) is 0.624. The van der Waals surface area contributed by atoms with E-state index in [4.69, 9.17) is 9.47 Å². The van der Waals surface area contributed by atoms with E-state index in [0.717, 1.165) is 37.2 Å². The lowest BCUT2D eigenvalue weighted by Crippen LogP contribution is -2.37. The molecule has 20 heavy (non-hydrogen) atoms. The van der Waals surface area contributed by atoms with E-state index in [0.29, 0.717) is 0 Å². The number of rotatable bonds is 4. The van der Waals surface area contributed by atoms with E-state index < -0.39 is 0 Å². The van der Waals surface area contributed by atoms with Gasteiger partial charge in [0.25, 0.3) is 0 Å². The number of benzene rings is 1. The summed E-state index contributed by atoms with van der Waals surface area (Å²) < 4.78 is 10.5. The molecule has 2 rings (SSSR count). The van der Waals surface area contributed by atoms with Gasteiger partial charge in [-0.25, -0.2) is 4.79 Å². The Hall–Kier alpha value is -1.81. The SMILES string of the molecule is COc1ccc(C=CC(=O)O[C@@H]2CCCN(C)C2)cc1. The number of nitrogens with zero attached hydrogens (tertiary/aromatic N) is 1. The first-order valence-electron chi connectivity index (χ1n) is 6.88. The van der Waals surface area contributed by atoms with E-state index in [2.05, 4.69) is 4.90 Å². The van der Waals surface area contributed by atoms with E-state index in [9.17, 15) is 4.79 Å². The van der Waals surface area contributed by atoms with Crippen molar-refractivity contribution in [2.75, 3.05) is 27.2 Å². The summed E-state index contributed by atoms with van der Waals surface area (Å²) in [5, 5.41) is 0. The number of piperidine rings is 1. The van der Waals surface area contributed by atoms with Crippen molar-refractivity contribution < 1.29 is 14.3 Å². The molecule has 1 aromatic rings. The maximum Gasteiger partial charge on any atom is 0.331 e. The van der Waals surface area contributed by atoms with Crippen LogP contribution in [-0.4, -0.2) is 44.2 Å². The van der Waals surface area contributed by atoms with Gasteiger partial charge in [0.05, 0.1) is 7.11 Å². The summed E-state index contributed by atoms with van der Waals surface area (Å²) in [7, 11) is 3.68. The van der Waals surface area contributed by atoms with Gasteiger partial charge in [0.2, 0.25) is 0 Å². The molecular weight excluding hydrogens is 254 g/mol. The summed E-state index contributed by atoms with van der Waals surface area (Å²) in [6.07, 6.45) is 5.29. The topological polar surface area (TPSA) is 38.8 Å². The van der Waals surface area contributed by atoms with Crippen molar-refractivity contribution in [3.05, 3.63) is 35.9 Å². The molecule has 0 unspecified atom stereocenters. The Bertz CT molecular complexity index is 467. The zero-order valence-corrected chi connectivity index (χ0v) is 12.0. The zero-order chi connectivity index (χ0) is 14.4. The van der Waals surface area contributed by atoms with Gasteiger partial charge in [-0.05, 0) is 50.2 Å². The van der Waals surface area contributed by atoms with Crippen LogP contribution in [0.15, 0.2) is 30.3 Å². The second kappa shape index (κ2) is 7.10. The van der Waals surface area contributed by atoms with Gasteiger partial charge in [-0.15, -0.1) is 0 Å². The van der Waals surface area contributed by atoms with Gasteiger partial charge < -0.3 is 14.4 Å². The Kier molecular flexibility index (Phi) is 5.18. The smallest absolute Gasteiger partial charge is 0.331 e. The number of ether oxygens (including phenoxy) is 2. The number of carbonyl (C=O) groups excluding carboxylic acids is 1. The first-order valence-corrected chi connectivity index (χ1v) is 6.88. The minimum absolute atomic E-state index is 0.0155. The third kappa shape index (κ3) is 4.38. The molecule has 0 bridgehead atoms. The average molecular weight is 275 g/mol. The van der Waals surface area contributed by atoms with Crippen molar-refractivity contribution in [3.8, 4) is 5.75 Å². The van der Waals surface area contributed by atoms with Crippen LogP contribution in [0, 0.1) is 0 Å². The van der Waals surface area contributed by atoms with Crippen LogP contribution in [0.5, 0.6) is 5.75 Å². The van der Waals surface area contributed by atoms with Gasteiger partial charge in [-0.2, -0.15) is 0 Å². The Balaban J connectivity index is 1.85. The van der Waals surface area contributed by atoms with E-state index in [-0.39, 0.29) is 12.1 Å². The number of carbonyl (C=O) groups is 1. The Morgan fingerprint density at radius 3 is 2.75 bits per heavy atom. The Morgan fingerprint density at radius 2 is 2.10 bits per heavy atom. The fourth-order valence-corrected chi connectivity index (χ4v) is 2.30. The second-order valence-electron chi connectivity index (χ2n) is 5.07. The van der Waals surface area contributed by atoms with E-state index in [1.807, 2.05) is 31.3 Å². The molecule has 0 N–H and O–H groups in total. The van der Waals surface area contributed by atoms with Gasteiger partial charge in [0, 0.05) is 12.6 Å². The molecule has 0 aromatic heterocycles. The number of hydrogen-bond donors (Lipinski definition) is 0. The highest BCUT2D eigenvalue weighted by atomic mass is 16.5. The first-order chi connectivity index (χ1) is 9.67. The molecule has 1 heterocycles. The lowest BCUT2D eigenvalue weighted by atomic mass is 10.1. The van der Waals surface area contributed by atoms with Gasteiger partial charge >= 0.3 is 5.97 Å². The molecule has 0 spiro atoms. The fraction of sp³-hybridized carbons (Fsp3) is 0.438. The minimum atomic E-state index is -0.277. The predicted octanol–water partition coefficient (Wildman–Crippen LogP) is 2.35. The summed E-state index contributed by atoms with van der Waals surface area (Å²) >= 11 is 0. The minimum Gasteiger partial charge on any atom is -0.497 e. The molecule has 0 saturated carbocycles. The van der Waals surface area contributed by atoms with Crippen molar-refractivity contribution in [1.82, 2.24) is 4.90 Å². The molecule has 4 nitrogen and oxygen atoms in total. The van der Waals surface area contributed by atoms with Crippen LogP contribution in [0.25, 0.3) is 6.08 Å². The first kappa shape index (κ1) is 14.6. The molecular formula is C16H21NO3. The molecule has 108 valence electrons. The van der Waals surface area contributed by atoms with Crippen LogP contribution >= 0.6 is 0 Å². The van der Waals surface area contributed by atoms with Gasteiger partial charge in [0.1, 0.15) is 11.9 Å². The number of esters is 1. The van der Waals surface area contributed by atoms with Crippen molar-refractivity contribution in [1.29, 1.82) is 0 Å². The van der Waals surface area contributed by atoms with Gasteiger partial charge in [-0.3, -0.25) is 0 Å². The number of methoxy groups -OCH3 is 1. The second-order valence-corrected chi connectivity index (χ2v) is 5.07. The summed E-state index contributed by atoms with van der Waals surface area (Å²) in [5.74, 6) is 0.524. The summed E-state index contributed by atoms with van der Waals surface area (Å²) in [5.41, 5.74) is 0.948. The van der Waals surface area contributed by atoms with Crippen LogP contribution in [0.2, 0.25) is 0 Å². The van der Waals surface area contributed by atoms with Crippen molar-refractivity contribution in [2.24, 2.45) is 0 Å². The summed E-state index contributed by atoms with van der Waals surface area (Å²) in [4.78, 5) is 14.0. The van der Waals surface area contributed by atoms with Crippen LogP contribution in [0.1, 0.15) is 18.4 Å². The van der Waals surface area contributed by atoms with Crippen LogP contribution in [0.3, 0.4) is 0 Å². The summed E-state index contributed by atoms with van der Waals surface area (Å²) in [6.45, 7) is 1.90. The maximum absolute atomic E-state index is 11.8. The standard InChI is InChI=1S/C16H21NO3/c1-17-11-3-4-15(12-17)20-16(18)10-7-13-5-8-14(19-2)9-6-13/h5-10,15H,3-4,11-12H2,1-2H3/t15-/m1/s1. The molecule has 1 atom stereocenters. The van der Waals surface area contributed by atoms with Crippen LogP contribution in [-0.2, 0) is 9.53 Å². The maximum atomic E-state index is 11.8. The average Bonchev–Trinajstić information content (AvgIpc) is 2.46. The molecule has 4 heteroatoms. The van der Waals surface area contributed by atoms with Crippen molar-refractivity contribution in [2.45, 2.75) is 18.9 Å². The third-order valence-corrected chi connectivity index (χ3v) is 3.39. The molecule has 0 radical (unpaired) electrons. The lowest BCUT2D eigenvalue weighted by molar-refractivity contribution is -0.145. The Morgan fingerprint density at radius 1 is 1.35 bits per heavy atom. The highest BCUT2D eigenvalue weighted by Crippen LogP contribution is 2.14. The third-order valence-electron chi connectivity index (χ3n) is 3.39. The highest BCUT2D eigenvalue weighted by molar-refractivity contribution is 5.87. The molecule has 0 amide bonds. The number of likely N-dealkylation sites (N-methyl/N-ethyl adjacent to an activating group) is 1. The molecule has 1 aliphatic rings. The predicted molar refractivity (Wildman–Crippen MR) is 78.6 cm³/mol. The fourth-order valence-electron chi connectivity index (χ4n) is 2.30. The van der Waals surface area contributed by atoms with E-state index in [1.54, 1.807) is 13.2 Å². The zero-order valence-electron chi connectivity index (χ0n) is 12.0. The largest absolute Gasteiger partial charge is 0.497 e. The van der Waals surface area contributed by atoms with Crippen molar-refractivity contribution >= 4 is 12.0 Å². The van der Waals surface area contributed by atoms with Gasteiger partial charge in [0.15, 0.2) is 0 Å². The highest BCUT2D eigenvalue weighted by Gasteiger charge is 2.19. The molecule has 1 saturated heterocycles. The molecule has 1 aromatic carbocycles.